The molecule has 1 fully saturated rings. The van der Waals surface area contributed by atoms with Gasteiger partial charge in [-0.15, -0.1) is 0 Å². The molecule has 1 aliphatic carbocycles. The molecule has 2 nitrogen and oxygen atoms in total. The van der Waals surface area contributed by atoms with Crippen molar-refractivity contribution in [2.45, 2.75) is 51.9 Å². The van der Waals surface area contributed by atoms with Crippen LogP contribution in [0.3, 0.4) is 0 Å². The van der Waals surface area contributed by atoms with Crippen LogP contribution >= 0.6 is 15.9 Å². The summed E-state index contributed by atoms with van der Waals surface area (Å²) < 4.78 is 0.956. The molecule has 1 amide bonds. The van der Waals surface area contributed by atoms with E-state index in [0.29, 0.717) is 0 Å². The molecule has 0 spiro atoms. The molecule has 0 heterocycles. The number of aryl methyl sites for hydroxylation is 1. The van der Waals surface area contributed by atoms with Gasteiger partial charge < -0.3 is 5.32 Å². The predicted octanol–water partition coefficient (Wildman–Crippen LogP) is 5.06. The van der Waals surface area contributed by atoms with Crippen molar-refractivity contribution in [1.29, 1.82) is 0 Å². The maximum Gasteiger partial charge on any atom is 0.227 e. The lowest BCUT2D eigenvalue weighted by molar-refractivity contribution is -0.120. The van der Waals surface area contributed by atoms with Gasteiger partial charge in [0.05, 0.1) is 5.69 Å². The van der Waals surface area contributed by atoms with E-state index in [0.717, 1.165) is 28.6 Å². The minimum Gasteiger partial charge on any atom is -0.325 e. The highest BCUT2D eigenvalue weighted by Crippen LogP contribution is 2.27. The third kappa shape index (κ3) is 4.34. The summed E-state index contributed by atoms with van der Waals surface area (Å²) in [6.07, 6.45) is 8.33. The monoisotopic (exact) mass is 323 g/mol. The van der Waals surface area contributed by atoms with Gasteiger partial charge in [0.25, 0.3) is 0 Å². The molecule has 0 aliphatic heterocycles. The van der Waals surface area contributed by atoms with Gasteiger partial charge in [-0.3, -0.25) is 4.79 Å². The summed E-state index contributed by atoms with van der Waals surface area (Å²) >= 11 is 3.50. The van der Waals surface area contributed by atoms with E-state index >= 15 is 0 Å². The number of amides is 1. The second-order valence-corrected chi connectivity index (χ2v) is 6.37. The summed E-state index contributed by atoms with van der Waals surface area (Å²) in [5.74, 6) is 0.376. The second kappa shape index (κ2) is 7.09. The van der Waals surface area contributed by atoms with Crippen molar-refractivity contribution in [3.8, 4) is 0 Å². The summed E-state index contributed by atoms with van der Waals surface area (Å²) in [4.78, 5) is 12.4. The molecule has 0 bridgehead atoms. The Morgan fingerprint density at radius 1 is 1.16 bits per heavy atom. The maximum absolute atomic E-state index is 12.4. The van der Waals surface area contributed by atoms with E-state index in [4.69, 9.17) is 0 Å². The zero-order chi connectivity index (χ0) is 13.7. The molecule has 0 radical (unpaired) electrons. The van der Waals surface area contributed by atoms with E-state index in [2.05, 4.69) is 21.2 Å². The van der Waals surface area contributed by atoms with Crippen molar-refractivity contribution < 1.29 is 4.79 Å². The van der Waals surface area contributed by atoms with Crippen LogP contribution in [0.4, 0.5) is 5.69 Å². The number of halogens is 1. The van der Waals surface area contributed by atoms with Crippen molar-refractivity contribution in [3.63, 3.8) is 0 Å². The Kier molecular flexibility index (Phi) is 5.44. The third-order valence-electron chi connectivity index (χ3n) is 3.86. The number of carbonyl (C=O) groups excluding carboxylic acids is 1. The van der Waals surface area contributed by atoms with E-state index in [-0.39, 0.29) is 11.8 Å². The lowest BCUT2D eigenvalue weighted by Gasteiger charge is -2.19. The predicted molar refractivity (Wildman–Crippen MR) is 83.3 cm³/mol. The Balaban J connectivity index is 2.00. The molecular formula is C16H22BrNO. The second-order valence-electron chi connectivity index (χ2n) is 5.51. The molecule has 3 heteroatoms. The first-order valence-electron chi connectivity index (χ1n) is 7.24. The van der Waals surface area contributed by atoms with Gasteiger partial charge in [0.2, 0.25) is 5.91 Å². The molecule has 0 unspecified atom stereocenters. The van der Waals surface area contributed by atoms with Crippen LogP contribution in [0.15, 0.2) is 22.7 Å². The minimum absolute atomic E-state index is 0.188. The number of nitrogens with one attached hydrogen (secondary N) is 1. The van der Waals surface area contributed by atoms with E-state index in [9.17, 15) is 4.79 Å². The van der Waals surface area contributed by atoms with E-state index < -0.39 is 0 Å². The van der Waals surface area contributed by atoms with E-state index in [1.807, 2.05) is 25.1 Å². The summed E-state index contributed by atoms with van der Waals surface area (Å²) in [7, 11) is 0. The molecular weight excluding hydrogens is 302 g/mol. The first-order valence-corrected chi connectivity index (χ1v) is 8.03. The van der Waals surface area contributed by atoms with Crippen LogP contribution in [0, 0.1) is 12.8 Å². The highest BCUT2D eigenvalue weighted by molar-refractivity contribution is 9.10. The van der Waals surface area contributed by atoms with Gasteiger partial charge in [-0.2, -0.15) is 0 Å². The zero-order valence-corrected chi connectivity index (χ0v) is 13.1. The molecule has 1 aromatic rings. The normalized spacial score (nSPS) is 17.6. The molecule has 104 valence electrons. The van der Waals surface area contributed by atoms with Crippen LogP contribution in [0.1, 0.15) is 50.5 Å². The van der Waals surface area contributed by atoms with Gasteiger partial charge in [-0.05, 0) is 53.4 Å². The van der Waals surface area contributed by atoms with E-state index in [1.54, 1.807) is 0 Å². The van der Waals surface area contributed by atoms with Crippen molar-refractivity contribution in [3.05, 3.63) is 28.2 Å². The van der Waals surface area contributed by atoms with Gasteiger partial charge >= 0.3 is 0 Å². The van der Waals surface area contributed by atoms with Crippen molar-refractivity contribution >= 4 is 27.5 Å². The fraction of sp³-hybridized carbons (Fsp3) is 0.562. The molecule has 0 atom stereocenters. The quantitative estimate of drug-likeness (QED) is 0.810. The van der Waals surface area contributed by atoms with Gasteiger partial charge in [-0.25, -0.2) is 0 Å². The van der Waals surface area contributed by atoms with Crippen LogP contribution in [0.2, 0.25) is 0 Å². The molecule has 0 saturated heterocycles. The van der Waals surface area contributed by atoms with Crippen molar-refractivity contribution in [2.75, 3.05) is 5.32 Å². The lowest BCUT2D eigenvalue weighted by atomic mass is 9.90. The van der Waals surface area contributed by atoms with Crippen molar-refractivity contribution in [1.82, 2.24) is 0 Å². The zero-order valence-electron chi connectivity index (χ0n) is 11.5. The molecule has 1 aromatic carbocycles. The summed E-state index contributed by atoms with van der Waals surface area (Å²) in [6, 6.07) is 6.05. The van der Waals surface area contributed by atoms with Gasteiger partial charge in [0, 0.05) is 10.4 Å². The number of rotatable bonds is 2. The number of benzene rings is 1. The first kappa shape index (κ1) is 14.6. The molecule has 1 saturated carbocycles. The summed E-state index contributed by atoms with van der Waals surface area (Å²) in [5, 5.41) is 3.08. The van der Waals surface area contributed by atoms with Crippen LogP contribution in [0.25, 0.3) is 0 Å². The molecule has 1 N–H and O–H groups in total. The van der Waals surface area contributed by atoms with Gasteiger partial charge in [-0.1, -0.05) is 38.2 Å². The Morgan fingerprint density at radius 3 is 2.47 bits per heavy atom. The van der Waals surface area contributed by atoms with E-state index in [1.165, 1.54) is 32.1 Å². The summed E-state index contributed by atoms with van der Waals surface area (Å²) in [6.45, 7) is 2.04. The average Bonchev–Trinajstić information content (AvgIpc) is 2.33. The number of hydrogen-bond donors (Lipinski definition) is 1. The first-order chi connectivity index (χ1) is 9.16. The van der Waals surface area contributed by atoms with Crippen LogP contribution < -0.4 is 5.32 Å². The van der Waals surface area contributed by atoms with Crippen LogP contribution in [0.5, 0.6) is 0 Å². The largest absolute Gasteiger partial charge is 0.325 e. The minimum atomic E-state index is 0.188. The maximum atomic E-state index is 12.4. The van der Waals surface area contributed by atoms with Gasteiger partial charge in [0.15, 0.2) is 0 Å². The fourth-order valence-corrected chi connectivity index (χ4v) is 3.03. The van der Waals surface area contributed by atoms with Crippen LogP contribution in [-0.4, -0.2) is 5.91 Å². The molecule has 1 aliphatic rings. The average molecular weight is 324 g/mol. The Morgan fingerprint density at radius 2 is 1.79 bits per heavy atom. The molecule has 19 heavy (non-hydrogen) atoms. The smallest absolute Gasteiger partial charge is 0.227 e. The number of anilines is 1. The lowest BCUT2D eigenvalue weighted by Crippen LogP contribution is -2.23. The number of hydrogen-bond acceptors (Lipinski definition) is 1. The molecule has 0 aromatic heterocycles. The third-order valence-corrected chi connectivity index (χ3v) is 4.55. The highest BCUT2D eigenvalue weighted by Gasteiger charge is 2.19. The molecule has 2 rings (SSSR count). The van der Waals surface area contributed by atoms with Crippen molar-refractivity contribution in [2.24, 2.45) is 5.92 Å². The Bertz CT molecular complexity index is 436. The highest BCUT2D eigenvalue weighted by atomic mass is 79.9. The standard InChI is InChI=1S/C16H22BrNO/c1-12-9-10-14(17)15(11-12)18-16(19)13-7-5-3-2-4-6-8-13/h9-11,13H,2-8H2,1H3,(H,18,19). The fourth-order valence-electron chi connectivity index (χ4n) is 2.69. The Labute approximate surface area is 124 Å². The summed E-state index contributed by atoms with van der Waals surface area (Å²) in [5.41, 5.74) is 2.06. The van der Waals surface area contributed by atoms with Crippen LogP contribution in [-0.2, 0) is 4.79 Å². The Hall–Kier alpha value is -0.830. The topological polar surface area (TPSA) is 29.1 Å². The SMILES string of the molecule is Cc1ccc(Br)c(NC(=O)C2CCCCCCC2)c1. The number of carbonyl (C=O) groups is 1. The van der Waals surface area contributed by atoms with Gasteiger partial charge in [0.1, 0.15) is 0 Å².